The molecule has 1 aliphatic heterocycles. The number of nitrogens with zero attached hydrogens (tertiary/aromatic N) is 4. The summed E-state index contributed by atoms with van der Waals surface area (Å²) < 4.78 is 22.7. The Morgan fingerprint density at radius 3 is 2.66 bits per heavy atom. The summed E-state index contributed by atoms with van der Waals surface area (Å²) in [4.78, 5) is 8.62. The van der Waals surface area contributed by atoms with Crippen LogP contribution >= 0.6 is 23.2 Å². The Morgan fingerprint density at radius 1 is 1.14 bits per heavy atom. The average molecular weight is 513 g/mol. The first-order chi connectivity index (χ1) is 16.9. The van der Waals surface area contributed by atoms with Crippen molar-refractivity contribution >= 4 is 23.2 Å². The molecule has 1 fully saturated rings. The van der Waals surface area contributed by atoms with Crippen LogP contribution in [0.5, 0.6) is 5.75 Å². The summed E-state index contributed by atoms with van der Waals surface area (Å²) in [5.74, 6) is -0.326. The van der Waals surface area contributed by atoms with E-state index in [4.69, 9.17) is 37.4 Å². The summed E-state index contributed by atoms with van der Waals surface area (Å²) in [6.45, 7) is 5.34. The number of rotatable bonds is 8. The van der Waals surface area contributed by atoms with Crippen LogP contribution in [-0.4, -0.2) is 38.4 Å². The van der Waals surface area contributed by atoms with Gasteiger partial charge in [0.05, 0.1) is 36.5 Å². The summed E-state index contributed by atoms with van der Waals surface area (Å²) in [5, 5.41) is 1.03. The maximum Gasteiger partial charge on any atom is 0.215 e. The lowest BCUT2D eigenvalue weighted by Gasteiger charge is -2.30. The van der Waals surface area contributed by atoms with Crippen LogP contribution in [0.1, 0.15) is 25.5 Å². The fourth-order valence-electron chi connectivity index (χ4n) is 4.05. The lowest BCUT2D eigenvalue weighted by molar-refractivity contribution is -0.189. The smallest absolute Gasteiger partial charge is 0.215 e. The highest BCUT2D eigenvalue weighted by Gasteiger charge is 2.45. The number of hydrogen-bond acceptors (Lipinski definition) is 5. The van der Waals surface area contributed by atoms with E-state index in [0.717, 1.165) is 17.0 Å². The Kier molecular flexibility index (Phi) is 6.84. The lowest BCUT2D eigenvalue weighted by atomic mass is 10.1. The van der Waals surface area contributed by atoms with E-state index in [2.05, 4.69) is 28.4 Å². The monoisotopic (exact) mass is 512 g/mol. The van der Waals surface area contributed by atoms with Gasteiger partial charge in [-0.15, -0.1) is 0 Å². The minimum absolute atomic E-state index is 0.285. The van der Waals surface area contributed by atoms with Gasteiger partial charge in [0.25, 0.3) is 0 Å². The van der Waals surface area contributed by atoms with E-state index < -0.39 is 5.79 Å². The Hall–Kier alpha value is -2.84. The van der Waals surface area contributed by atoms with Crippen LogP contribution in [0.15, 0.2) is 73.7 Å². The van der Waals surface area contributed by atoms with Gasteiger partial charge in [0, 0.05) is 40.8 Å². The van der Waals surface area contributed by atoms with Gasteiger partial charge < -0.3 is 23.3 Å². The molecule has 5 rings (SSSR count). The third kappa shape index (κ3) is 5.23. The van der Waals surface area contributed by atoms with Crippen LogP contribution in [0.25, 0.3) is 11.3 Å². The number of hydrogen-bond donors (Lipinski definition) is 0. The summed E-state index contributed by atoms with van der Waals surface area (Å²) in [7, 11) is 0. The maximum atomic E-state index is 6.54. The molecule has 1 saturated heterocycles. The Balaban J connectivity index is 1.27. The second-order valence-corrected chi connectivity index (χ2v) is 9.64. The zero-order chi connectivity index (χ0) is 24.4. The molecule has 0 unspecified atom stereocenters. The zero-order valence-electron chi connectivity index (χ0n) is 19.5. The van der Waals surface area contributed by atoms with Crippen LogP contribution in [0, 0.1) is 0 Å². The predicted molar refractivity (Wildman–Crippen MR) is 135 cm³/mol. The normalized spacial score (nSPS) is 20.0. The minimum Gasteiger partial charge on any atom is -0.491 e. The van der Waals surface area contributed by atoms with Gasteiger partial charge in [0.15, 0.2) is 0 Å². The largest absolute Gasteiger partial charge is 0.491 e. The van der Waals surface area contributed by atoms with Gasteiger partial charge in [-0.2, -0.15) is 0 Å². The molecule has 4 aromatic rings. The molecule has 0 amide bonds. The summed E-state index contributed by atoms with van der Waals surface area (Å²) in [6.07, 6.45) is 8.90. The van der Waals surface area contributed by atoms with Crippen molar-refractivity contribution in [2.75, 3.05) is 13.2 Å². The molecular formula is C26H26Cl2N4O3. The van der Waals surface area contributed by atoms with E-state index in [9.17, 15) is 0 Å². The van der Waals surface area contributed by atoms with Crippen molar-refractivity contribution in [1.82, 2.24) is 19.1 Å². The van der Waals surface area contributed by atoms with Gasteiger partial charge in [-0.1, -0.05) is 29.3 Å². The third-order valence-corrected chi connectivity index (χ3v) is 6.48. The second kappa shape index (κ2) is 10.0. The molecule has 0 aliphatic carbocycles. The number of benzene rings is 2. The van der Waals surface area contributed by atoms with Crippen LogP contribution < -0.4 is 4.74 Å². The Bertz CT molecular complexity index is 1270. The fourth-order valence-corrected chi connectivity index (χ4v) is 4.61. The molecule has 0 saturated carbocycles. The van der Waals surface area contributed by atoms with Crippen molar-refractivity contribution in [3.63, 3.8) is 0 Å². The first-order valence-corrected chi connectivity index (χ1v) is 12.2. The number of ether oxygens (including phenoxy) is 3. The second-order valence-electron chi connectivity index (χ2n) is 8.80. The maximum absolute atomic E-state index is 6.54. The molecule has 0 radical (unpaired) electrons. The number of imidazole rings is 2. The molecule has 2 aromatic carbocycles. The van der Waals surface area contributed by atoms with Crippen molar-refractivity contribution in [3.05, 3.63) is 89.3 Å². The molecule has 1 aliphatic rings. The highest BCUT2D eigenvalue weighted by Crippen LogP contribution is 2.40. The molecule has 2 atom stereocenters. The van der Waals surface area contributed by atoms with Crippen LogP contribution in [0.4, 0.5) is 0 Å². The highest BCUT2D eigenvalue weighted by atomic mass is 35.5. The molecule has 3 heterocycles. The van der Waals surface area contributed by atoms with E-state index in [1.54, 1.807) is 24.7 Å². The van der Waals surface area contributed by atoms with Crippen molar-refractivity contribution in [2.45, 2.75) is 38.3 Å². The van der Waals surface area contributed by atoms with Crippen molar-refractivity contribution in [2.24, 2.45) is 0 Å². The van der Waals surface area contributed by atoms with E-state index in [0.29, 0.717) is 41.4 Å². The molecule has 9 heteroatoms. The van der Waals surface area contributed by atoms with E-state index in [1.807, 2.05) is 53.6 Å². The minimum atomic E-state index is -1.07. The predicted octanol–water partition coefficient (Wildman–Crippen LogP) is 5.98. The van der Waals surface area contributed by atoms with Crippen LogP contribution in [-0.2, 0) is 21.8 Å². The number of aromatic nitrogens is 4. The standard InChI is InChI=1S/C26H26Cl2N4O3/c1-18(2)32-12-25(30-17-32)19-3-6-21(7-4-19)33-13-22-14-34-26(35-22,15-31-10-9-29-16-31)23-8-5-20(27)11-24(23)28/h3-12,16-18,22H,13-15H2,1-2H3/t22-,26-/m1/s1. The van der Waals surface area contributed by atoms with Gasteiger partial charge in [-0.05, 0) is 50.2 Å². The van der Waals surface area contributed by atoms with E-state index >= 15 is 0 Å². The SMILES string of the molecule is CC(C)n1cnc(-c2ccc(OC[C@@H]3CO[C@@](Cn4ccnc4)(c4ccc(Cl)cc4Cl)O3)cc2)c1. The molecule has 2 aromatic heterocycles. The lowest BCUT2D eigenvalue weighted by Crippen LogP contribution is -2.34. The molecule has 0 spiro atoms. The molecule has 7 nitrogen and oxygen atoms in total. The van der Waals surface area contributed by atoms with Gasteiger partial charge >= 0.3 is 0 Å². The Labute approximate surface area is 214 Å². The topological polar surface area (TPSA) is 63.3 Å². The van der Waals surface area contributed by atoms with Crippen LogP contribution in [0.3, 0.4) is 0 Å². The highest BCUT2D eigenvalue weighted by molar-refractivity contribution is 6.35. The summed E-state index contributed by atoms with van der Waals surface area (Å²) >= 11 is 12.7. The summed E-state index contributed by atoms with van der Waals surface area (Å²) in [6, 6.07) is 13.6. The first kappa shape index (κ1) is 23.9. The van der Waals surface area contributed by atoms with Crippen molar-refractivity contribution < 1.29 is 14.2 Å². The molecule has 182 valence electrons. The quantitative estimate of drug-likeness (QED) is 0.290. The molecular weight excluding hydrogens is 487 g/mol. The van der Waals surface area contributed by atoms with E-state index in [-0.39, 0.29) is 6.10 Å². The third-order valence-electron chi connectivity index (χ3n) is 5.93. The first-order valence-electron chi connectivity index (χ1n) is 11.4. The van der Waals surface area contributed by atoms with Gasteiger partial charge in [0.1, 0.15) is 18.5 Å². The van der Waals surface area contributed by atoms with Gasteiger partial charge in [0.2, 0.25) is 5.79 Å². The zero-order valence-corrected chi connectivity index (χ0v) is 21.0. The van der Waals surface area contributed by atoms with Crippen molar-refractivity contribution in [3.8, 4) is 17.0 Å². The molecule has 0 bridgehead atoms. The molecule has 35 heavy (non-hydrogen) atoms. The molecule has 0 N–H and O–H groups in total. The fraction of sp³-hybridized carbons (Fsp3) is 0.308. The van der Waals surface area contributed by atoms with Crippen molar-refractivity contribution in [1.29, 1.82) is 0 Å². The number of halogens is 2. The van der Waals surface area contributed by atoms with Gasteiger partial charge in [-0.3, -0.25) is 0 Å². The summed E-state index contributed by atoms with van der Waals surface area (Å²) in [5.41, 5.74) is 2.68. The van der Waals surface area contributed by atoms with Gasteiger partial charge in [-0.25, -0.2) is 9.97 Å². The average Bonchev–Trinajstić information content (AvgIpc) is 3.60. The Morgan fingerprint density at radius 2 is 1.97 bits per heavy atom. The van der Waals surface area contributed by atoms with E-state index in [1.165, 1.54) is 0 Å². The van der Waals surface area contributed by atoms with Crippen LogP contribution in [0.2, 0.25) is 10.0 Å².